The maximum atomic E-state index is 9.75. The zero-order valence-electron chi connectivity index (χ0n) is 31.3. The zero-order valence-corrected chi connectivity index (χ0v) is 34.7. The second kappa shape index (κ2) is 23.5. The van der Waals surface area contributed by atoms with E-state index in [0.29, 0.717) is 5.66 Å². The van der Waals surface area contributed by atoms with Crippen LogP contribution in [0.1, 0.15) is 85.3 Å². The molecule has 1 atom stereocenters. The Bertz CT molecular complexity index is 1090. The van der Waals surface area contributed by atoms with Crippen molar-refractivity contribution in [3.63, 3.8) is 0 Å². The van der Waals surface area contributed by atoms with E-state index in [1.54, 1.807) is 11.6 Å². The van der Waals surface area contributed by atoms with Crippen molar-refractivity contribution in [1.29, 1.82) is 0 Å². The first-order chi connectivity index (χ1) is 22.9. The van der Waals surface area contributed by atoms with Crippen LogP contribution in [0.2, 0.25) is 0 Å². The van der Waals surface area contributed by atoms with Gasteiger partial charge in [0.1, 0.15) is 0 Å². The van der Waals surface area contributed by atoms with E-state index < -0.39 is 15.2 Å². The number of aryl methyl sites for hydroxylation is 2. The fourth-order valence-corrected chi connectivity index (χ4v) is 13.6. The van der Waals surface area contributed by atoms with Crippen molar-refractivity contribution in [3.05, 3.63) is 148 Å². The van der Waals surface area contributed by atoms with Crippen LogP contribution >= 0.6 is 15.8 Å². The molecule has 8 heteroatoms. The number of rotatable bonds is 5. The quantitative estimate of drug-likeness (QED) is 0.160. The molecule has 1 unspecified atom stereocenters. The molecule has 3 aliphatic carbocycles. The summed E-state index contributed by atoms with van der Waals surface area (Å²) in [6.45, 7) is 21.6. The third-order valence-electron chi connectivity index (χ3n) is 7.88. The van der Waals surface area contributed by atoms with Crippen LogP contribution in [-0.4, -0.2) is 23.2 Å². The molecule has 0 amide bonds. The Hall–Kier alpha value is -0.292. The van der Waals surface area contributed by atoms with E-state index in [1.807, 2.05) is 32.1 Å². The molecule has 2 aromatic rings. The van der Waals surface area contributed by atoms with Crippen LogP contribution in [0.4, 0.5) is 17.3 Å². The van der Waals surface area contributed by atoms with E-state index in [2.05, 4.69) is 156 Å². The average Bonchev–Trinajstić information content (AvgIpc) is 3.69. The number of benzene rings is 2. The van der Waals surface area contributed by atoms with Crippen molar-refractivity contribution < 1.29 is 36.7 Å². The Kier molecular flexibility index (Phi) is 22.4. The van der Waals surface area contributed by atoms with Crippen LogP contribution in [0, 0.1) is 102 Å². The smallest absolute Gasteiger partial charge is 0.418 e. The summed E-state index contributed by atoms with van der Waals surface area (Å²) >= 11 is 0. The number of hydrogen-bond donors (Lipinski definition) is 0. The minimum absolute atomic E-state index is 0. The van der Waals surface area contributed by atoms with Gasteiger partial charge in [-0.3, -0.25) is 0 Å². The summed E-state index contributed by atoms with van der Waals surface area (Å²) in [5, 5.41) is 3.57. The van der Waals surface area contributed by atoms with Crippen molar-refractivity contribution in [3.8, 4) is 0 Å². The second-order valence-electron chi connectivity index (χ2n) is 14.2. The zero-order chi connectivity index (χ0) is 36.7. The molecule has 3 saturated carbocycles. The van der Waals surface area contributed by atoms with Crippen molar-refractivity contribution in [1.82, 2.24) is 0 Å². The number of halogens is 4. The summed E-state index contributed by atoms with van der Waals surface area (Å²) in [5.74, 6) is 1.56. The van der Waals surface area contributed by atoms with Gasteiger partial charge in [-0.1, -0.05) is 105 Å². The van der Waals surface area contributed by atoms with E-state index in [1.165, 1.54) is 47.4 Å². The van der Waals surface area contributed by atoms with Crippen molar-refractivity contribution >= 4 is 33.7 Å². The fourth-order valence-electron chi connectivity index (χ4n) is 6.24. The van der Waals surface area contributed by atoms with E-state index in [4.69, 9.17) is 0 Å². The van der Waals surface area contributed by atoms with Gasteiger partial charge in [0, 0.05) is 5.66 Å². The van der Waals surface area contributed by atoms with E-state index in [9.17, 15) is 17.3 Å². The minimum Gasteiger partial charge on any atom is -0.418 e. The SMILES string of the molecule is Cc1ccccc1P(c1ccccc1C)C(C)[C]1[CH][CH][CH][C]1P(C(C)(C)C)C(C)(C)C.F[B-](F)(F)F.[CH]1[CH]CC[CH][CH]CC1.[CH]1[CH][CH][CH][CH]1.[Rh+2]. The van der Waals surface area contributed by atoms with Gasteiger partial charge in [-0.2, -0.15) is 0 Å². The molecule has 3 aliphatic rings. The Balaban J connectivity index is 0.000000532. The summed E-state index contributed by atoms with van der Waals surface area (Å²) in [5.41, 5.74) is 4.89. The first-order valence-electron chi connectivity index (χ1n) is 17.2. The first-order valence-corrected chi connectivity index (χ1v) is 20.0. The average molecular weight is 813 g/mol. The van der Waals surface area contributed by atoms with Crippen LogP contribution in [0.5, 0.6) is 0 Å². The molecule has 273 valence electrons. The predicted molar refractivity (Wildman–Crippen MR) is 211 cm³/mol. The summed E-state index contributed by atoms with van der Waals surface area (Å²) in [6, 6.07) is 18.0. The fraction of sp³-hybridized carbons (Fsp3) is 0.381. The second-order valence-corrected chi connectivity index (χ2v) is 20.5. The Morgan fingerprint density at radius 3 is 1.24 bits per heavy atom. The van der Waals surface area contributed by atoms with Crippen molar-refractivity contribution in [2.45, 2.75) is 104 Å². The van der Waals surface area contributed by atoms with E-state index in [0.717, 1.165) is 0 Å². The molecular weight excluding hydrogens is 756 g/mol. The molecule has 0 spiro atoms. The molecule has 0 bridgehead atoms. The van der Waals surface area contributed by atoms with Crippen LogP contribution in [-0.2, 0) is 19.5 Å². The molecule has 5 rings (SSSR count). The van der Waals surface area contributed by atoms with E-state index in [-0.39, 0.29) is 37.7 Å². The topological polar surface area (TPSA) is 0 Å². The Morgan fingerprint density at radius 1 is 0.580 bits per heavy atom. The van der Waals surface area contributed by atoms with Gasteiger partial charge < -0.3 is 17.3 Å². The normalized spacial score (nSPS) is 18.4. The molecule has 0 N–H and O–H groups in total. The first kappa shape index (κ1) is 47.7. The largest absolute Gasteiger partial charge is 2.00 e. The standard InChI is InChI=1S/C29H39P2.C8H12.C5H5.BF4.Rh/c1-21-15-10-12-18-25(21)30(26-19-13-11-16-22(26)2)23(3)24-17-14-20-27(24)31(28(4,5)6)29(7,8)9;1-2-4-6-8-7-5-3-1;1-2-4-5-3-1;2-1(3,4)5;/h10-20,23H,1-9H3;1-2,7-8H,3-6H2;1-5H;;/q;;;-1;+2. The third kappa shape index (κ3) is 17.7. The number of hydrogen-bond acceptors (Lipinski definition) is 0. The summed E-state index contributed by atoms with van der Waals surface area (Å²) in [4.78, 5) is 0. The molecular formula is C42H56BF4P2Rh+. The molecule has 2 aromatic carbocycles. The molecule has 0 saturated heterocycles. The van der Waals surface area contributed by atoms with E-state index >= 15 is 0 Å². The molecule has 3 fully saturated rings. The molecule has 0 aromatic heterocycles. The summed E-state index contributed by atoms with van der Waals surface area (Å²) in [6.07, 6.45) is 31.1. The minimum atomic E-state index is -6.00. The van der Waals surface area contributed by atoms with Crippen molar-refractivity contribution in [2.75, 3.05) is 0 Å². The van der Waals surface area contributed by atoms with Gasteiger partial charge in [-0.25, -0.2) is 0 Å². The molecule has 15 radical (unpaired) electrons. The summed E-state index contributed by atoms with van der Waals surface area (Å²) in [7, 11) is -6.83. The van der Waals surface area contributed by atoms with Gasteiger partial charge in [0.05, 0.1) is 0 Å². The molecule has 50 heavy (non-hydrogen) atoms. The Morgan fingerprint density at radius 2 is 0.920 bits per heavy atom. The van der Waals surface area contributed by atoms with Gasteiger partial charge in [0.25, 0.3) is 0 Å². The van der Waals surface area contributed by atoms with Gasteiger partial charge >= 0.3 is 26.7 Å². The molecule has 0 nitrogen and oxygen atoms in total. The van der Waals surface area contributed by atoms with Gasteiger partial charge in [0.15, 0.2) is 0 Å². The van der Waals surface area contributed by atoms with Crippen molar-refractivity contribution in [2.24, 2.45) is 0 Å². The summed E-state index contributed by atoms with van der Waals surface area (Å²) < 4.78 is 39.0. The van der Waals surface area contributed by atoms with Gasteiger partial charge in [0.2, 0.25) is 0 Å². The van der Waals surface area contributed by atoms with Crippen LogP contribution in [0.3, 0.4) is 0 Å². The van der Waals surface area contributed by atoms with Crippen LogP contribution in [0.15, 0.2) is 48.5 Å². The Labute approximate surface area is 321 Å². The maximum Gasteiger partial charge on any atom is 2.00 e. The van der Waals surface area contributed by atoms with Gasteiger partial charge in [-0.15, -0.1) is 0 Å². The van der Waals surface area contributed by atoms with Crippen LogP contribution in [0.25, 0.3) is 0 Å². The third-order valence-corrected chi connectivity index (χ3v) is 14.6. The molecule has 0 heterocycles. The predicted octanol–water partition coefficient (Wildman–Crippen LogP) is 12.6. The van der Waals surface area contributed by atoms with Gasteiger partial charge in [-0.05, 0) is 168 Å². The monoisotopic (exact) mass is 812 g/mol. The molecule has 0 aliphatic heterocycles. The van der Waals surface area contributed by atoms with Crippen LogP contribution < -0.4 is 10.6 Å². The maximum absolute atomic E-state index is 9.75.